The van der Waals surface area contributed by atoms with E-state index in [9.17, 15) is 4.79 Å². The number of nitrogens with one attached hydrogen (secondary N) is 3. The van der Waals surface area contributed by atoms with Gasteiger partial charge in [-0.15, -0.1) is 0 Å². The maximum absolute atomic E-state index is 10.2. The molecule has 3 rings (SSSR count). The number of carbonyl (C=O) groups is 1. The summed E-state index contributed by atoms with van der Waals surface area (Å²) in [5.41, 5.74) is 1.56. The van der Waals surface area contributed by atoms with Gasteiger partial charge in [-0.1, -0.05) is 19.1 Å². The first-order valence-corrected chi connectivity index (χ1v) is 10.7. The standard InChI is InChI=1S/C10H15N3O2.C8H10N2.C5H11N/c1-11-10-5-9(12-13-10)7-2-3-8(4-7)15-6-14;1-3-5-6-10-8(4-2)7-9;1-4-3-5(4)6-2/h5-8H,2-4H2,1H3,(H2,11,12,13);3-6H,1-2H3;4-6H,3H2,1-2H3/b;5-3?,8-4-,10-6?;. The number of nitriles is 1. The number of aliphatic imine (C=N–C) groups is 1. The van der Waals surface area contributed by atoms with Crippen LogP contribution in [0.2, 0.25) is 0 Å². The predicted octanol–water partition coefficient (Wildman–Crippen LogP) is 3.94. The number of allylic oxidation sites excluding steroid dienone is 4. The summed E-state index contributed by atoms with van der Waals surface area (Å²) in [4.78, 5) is 14.0. The maximum Gasteiger partial charge on any atom is 0.293 e. The molecule has 0 spiro atoms. The zero-order valence-electron chi connectivity index (χ0n) is 19.3. The highest BCUT2D eigenvalue weighted by Gasteiger charge is 2.30. The molecule has 31 heavy (non-hydrogen) atoms. The van der Waals surface area contributed by atoms with Crippen molar-refractivity contribution in [2.24, 2.45) is 10.9 Å². The molecule has 1 aromatic heterocycles. The molecule has 2 saturated carbocycles. The lowest BCUT2D eigenvalue weighted by Gasteiger charge is -2.07. The van der Waals surface area contributed by atoms with Crippen molar-refractivity contribution in [3.63, 3.8) is 0 Å². The lowest BCUT2D eigenvalue weighted by molar-refractivity contribution is -0.133. The number of H-pyrrole nitrogens is 1. The molecule has 0 saturated heterocycles. The van der Waals surface area contributed by atoms with Gasteiger partial charge in [-0.2, -0.15) is 10.4 Å². The lowest BCUT2D eigenvalue weighted by atomic mass is 10.0. The topological polar surface area (TPSA) is 115 Å². The summed E-state index contributed by atoms with van der Waals surface area (Å²) < 4.78 is 4.96. The van der Waals surface area contributed by atoms with E-state index in [1.54, 1.807) is 25.3 Å². The fraction of sp³-hybridized carbons (Fsp3) is 0.565. The summed E-state index contributed by atoms with van der Waals surface area (Å²) in [7, 11) is 3.86. The van der Waals surface area contributed by atoms with E-state index in [-0.39, 0.29) is 6.10 Å². The molecule has 4 atom stereocenters. The molecule has 0 amide bonds. The van der Waals surface area contributed by atoms with E-state index in [1.165, 1.54) is 6.42 Å². The molecule has 2 fully saturated rings. The minimum Gasteiger partial charge on any atom is -0.465 e. The lowest BCUT2D eigenvalue weighted by Crippen LogP contribution is -2.09. The Morgan fingerprint density at radius 2 is 2.10 bits per heavy atom. The maximum atomic E-state index is 10.2. The molecular weight excluding hydrogens is 392 g/mol. The first kappa shape index (κ1) is 26.1. The van der Waals surface area contributed by atoms with E-state index in [0.717, 1.165) is 42.7 Å². The van der Waals surface area contributed by atoms with E-state index in [1.807, 2.05) is 39.2 Å². The summed E-state index contributed by atoms with van der Waals surface area (Å²) in [6.45, 7) is 6.49. The van der Waals surface area contributed by atoms with Gasteiger partial charge in [-0.25, -0.2) is 4.99 Å². The Balaban J connectivity index is 0.000000259. The van der Waals surface area contributed by atoms with Crippen LogP contribution in [0.1, 0.15) is 58.1 Å². The van der Waals surface area contributed by atoms with E-state index in [0.29, 0.717) is 18.1 Å². The smallest absolute Gasteiger partial charge is 0.293 e. The number of rotatable bonds is 7. The molecule has 0 aliphatic heterocycles. The van der Waals surface area contributed by atoms with Gasteiger partial charge in [-0.3, -0.25) is 9.89 Å². The fourth-order valence-corrected chi connectivity index (χ4v) is 3.20. The van der Waals surface area contributed by atoms with Crippen LogP contribution in [-0.2, 0) is 9.53 Å². The number of hydrogen-bond acceptors (Lipinski definition) is 7. The van der Waals surface area contributed by atoms with Gasteiger partial charge in [0, 0.05) is 37.0 Å². The van der Waals surface area contributed by atoms with Crippen LogP contribution < -0.4 is 10.6 Å². The van der Waals surface area contributed by atoms with Crippen LogP contribution in [0.25, 0.3) is 0 Å². The van der Waals surface area contributed by atoms with Crippen molar-refractivity contribution in [3.8, 4) is 6.07 Å². The minimum absolute atomic E-state index is 0.0776. The minimum atomic E-state index is 0.0776. The van der Waals surface area contributed by atoms with Crippen LogP contribution in [-0.4, -0.2) is 49.1 Å². The average molecular weight is 429 g/mol. The number of aromatic amines is 1. The quantitative estimate of drug-likeness (QED) is 0.344. The number of hydrogen-bond donors (Lipinski definition) is 3. The van der Waals surface area contributed by atoms with Gasteiger partial charge in [0.2, 0.25) is 0 Å². The second kappa shape index (κ2) is 15.0. The van der Waals surface area contributed by atoms with Crippen molar-refractivity contribution in [2.45, 2.75) is 64.5 Å². The first-order valence-electron chi connectivity index (χ1n) is 10.7. The van der Waals surface area contributed by atoms with Gasteiger partial charge in [0.15, 0.2) is 0 Å². The molecule has 8 heteroatoms. The second-order valence-corrected chi connectivity index (χ2v) is 7.52. The Hall–Kier alpha value is -2.92. The molecule has 1 heterocycles. The van der Waals surface area contributed by atoms with Gasteiger partial charge < -0.3 is 15.4 Å². The first-order chi connectivity index (χ1) is 15.0. The van der Waals surface area contributed by atoms with Gasteiger partial charge in [0.1, 0.15) is 23.7 Å². The highest BCUT2D eigenvalue weighted by Crippen LogP contribution is 2.35. The Kier molecular flexibility index (Phi) is 12.6. The third kappa shape index (κ3) is 10.1. The molecule has 4 unspecified atom stereocenters. The summed E-state index contributed by atoms with van der Waals surface area (Å²) in [5, 5.41) is 21.6. The molecule has 2 aliphatic carbocycles. The Morgan fingerprint density at radius 1 is 1.35 bits per heavy atom. The van der Waals surface area contributed by atoms with Crippen LogP contribution in [0, 0.1) is 17.2 Å². The van der Waals surface area contributed by atoms with Gasteiger partial charge in [-0.05, 0) is 58.6 Å². The molecule has 1 aromatic rings. The monoisotopic (exact) mass is 428 g/mol. The van der Waals surface area contributed by atoms with Crippen LogP contribution in [0.15, 0.2) is 35.0 Å². The summed E-state index contributed by atoms with van der Waals surface area (Å²) >= 11 is 0. The van der Waals surface area contributed by atoms with Gasteiger partial charge in [0.25, 0.3) is 6.47 Å². The van der Waals surface area contributed by atoms with Crippen LogP contribution in [0.3, 0.4) is 0 Å². The van der Waals surface area contributed by atoms with Crippen molar-refractivity contribution in [2.75, 3.05) is 19.4 Å². The van der Waals surface area contributed by atoms with Crippen molar-refractivity contribution in [3.05, 3.63) is 35.7 Å². The molecule has 2 aliphatic rings. The molecule has 0 bridgehead atoms. The SMILES string of the molecule is CC=CC=N/C(C#N)=C\C.CNC1CC1C.CNc1cc(C2CCC(OC=O)C2)[nH]n1. The molecule has 8 nitrogen and oxygen atoms in total. The van der Waals surface area contributed by atoms with Crippen molar-refractivity contribution in [1.29, 1.82) is 5.26 Å². The number of carbonyl (C=O) groups excluding carboxylic acids is 1. The highest BCUT2D eigenvalue weighted by molar-refractivity contribution is 5.72. The summed E-state index contributed by atoms with van der Waals surface area (Å²) in [6, 6.07) is 4.80. The van der Waals surface area contributed by atoms with Crippen molar-refractivity contribution in [1.82, 2.24) is 15.5 Å². The Bertz CT molecular complexity index is 775. The fourth-order valence-electron chi connectivity index (χ4n) is 3.20. The third-order valence-corrected chi connectivity index (χ3v) is 5.29. The van der Waals surface area contributed by atoms with E-state index < -0.39 is 0 Å². The highest BCUT2D eigenvalue weighted by atomic mass is 16.5. The molecule has 0 radical (unpaired) electrons. The number of anilines is 1. The number of nitrogens with zero attached hydrogens (tertiary/aromatic N) is 3. The largest absolute Gasteiger partial charge is 0.465 e. The van der Waals surface area contributed by atoms with E-state index >= 15 is 0 Å². The van der Waals surface area contributed by atoms with E-state index in [2.05, 4.69) is 32.7 Å². The van der Waals surface area contributed by atoms with Gasteiger partial charge >= 0.3 is 0 Å². The van der Waals surface area contributed by atoms with E-state index in [4.69, 9.17) is 10.00 Å². The Labute approximate surface area is 185 Å². The number of aromatic nitrogens is 2. The normalized spacial score (nSPS) is 24.6. The number of ether oxygens (including phenoxy) is 1. The third-order valence-electron chi connectivity index (χ3n) is 5.29. The predicted molar refractivity (Wildman–Crippen MR) is 125 cm³/mol. The summed E-state index contributed by atoms with van der Waals surface area (Å²) in [6.07, 6.45) is 11.2. The summed E-state index contributed by atoms with van der Waals surface area (Å²) in [5.74, 6) is 2.24. The van der Waals surface area contributed by atoms with Crippen molar-refractivity contribution < 1.29 is 9.53 Å². The molecular formula is C23H36N6O2. The average Bonchev–Trinajstić information content (AvgIpc) is 3.16. The van der Waals surface area contributed by atoms with Crippen LogP contribution in [0.5, 0.6) is 0 Å². The zero-order valence-corrected chi connectivity index (χ0v) is 19.3. The molecule has 170 valence electrons. The van der Waals surface area contributed by atoms with Crippen molar-refractivity contribution >= 4 is 18.5 Å². The Morgan fingerprint density at radius 3 is 2.55 bits per heavy atom. The van der Waals surface area contributed by atoms with Crippen LogP contribution in [0.4, 0.5) is 5.82 Å². The molecule has 3 N–H and O–H groups in total. The van der Waals surface area contributed by atoms with Crippen LogP contribution >= 0.6 is 0 Å². The van der Waals surface area contributed by atoms with Gasteiger partial charge in [0.05, 0.1) is 0 Å². The zero-order chi connectivity index (χ0) is 23.1. The molecule has 0 aromatic carbocycles. The second-order valence-electron chi connectivity index (χ2n) is 7.52.